The highest BCUT2D eigenvalue weighted by molar-refractivity contribution is 5.94. The van der Waals surface area contributed by atoms with Gasteiger partial charge in [0.25, 0.3) is 5.91 Å². The lowest BCUT2D eigenvalue weighted by atomic mass is 10.1. The zero-order valence-corrected chi connectivity index (χ0v) is 18.1. The van der Waals surface area contributed by atoms with E-state index in [-0.39, 0.29) is 5.91 Å². The van der Waals surface area contributed by atoms with Gasteiger partial charge in [-0.05, 0) is 37.6 Å². The second-order valence-corrected chi connectivity index (χ2v) is 6.74. The molecule has 29 heavy (non-hydrogen) atoms. The maximum Gasteiger partial charge on any atom is 0.253 e. The van der Waals surface area contributed by atoms with E-state index in [0.717, 1.165) is 28.4 Å². The summed E-state index contributed by atoms with van der Waals surface area (Å²) in [7, 11) is 5.45. The Labute approximate surface area is 174 Å². The Morgan fingerprint density at radius 3 is 2.31 bits per heavy atom. The monoisotopic (exact) mass is 396 g/mol. The molecule has 1 N–H and O–H groups in total. The van der Waals surface area contributed by atoms with Gasteiger partial charge in [-0.3, -0.25) is 9.79 Å². The summed E-state index contributed by atoms with van der Waals surface area (Å²) in [6.45, 7) is 6.73. The first-order valence-corrected chi connectivity index (χ1v) is 9.95. The molecule has 6 heteroatoms. The number of benzene rings is 2. The van der Waals surface area contributed by atoms with Crippen LogP contribution in [0.3, 0.4) is 0 Å². The van der Waals surface area contributed by atoms with Crippen LogP contribution < -0.4 is 10.1 Å². The lowest BCUT2D eigenvalue weighted by Crippen LogP contribution is -2.38. The molecule has 0 fully saturated rings. The van der Waals surface area contributed by atoms with Crippen LogP contribution in [0.2, 0.25) is 0 Å². The number of hydrogen-bond acceptors (Lipinski definition) is 3. The smallest absolute Gasteiger partial charge is 0.253 e. The number of aliphatic imine (C=N–C) groups is 1. The van der Waals surface area contributed by atoms with Gasteiger partial charge in [0, 0.05) is 51.4 Å². The number of rotatable bonds is 8. The molecule has 0 aliphatic heterocycles. The second-order valence-electron chi connectivity index (χ2n) is 6.74. The molecule has 0 aliphatic rings. The third-order valence-corrected chi connectivity index (χ3v) is 4.88. The molecule has 0 saturated carbocycles. The zero-order valence-electron chi connectivity index (χ0n) is 18.1. The third-order valence-electron chi connectivity index (χ3n) is 4.88. The van der Waals surface area contributed by atoms with Gasteiger partial charge in [-0.2, -0.15) is 0 Å². The molecule has 0 spiro atoms. The maximum absolute atomic E-state index is 12.4. The Bertz CT molecular complexity index is 814. The molecule has 0 bridgehead atoms. The van der Waals surface area contributed by atoms with Gasteiger partial charge in [0.05, 0.1) is 7.11 Å². The Hall–Kier alpha value is -3.02. The van der Waals surface area contributed by atoms with Crippen molar-refractivity contribution in [1.82, 2.24) is 15.1 Å². The summed E-state index contributed by atoms with van der Waals surface area (Å²) in [6.07, 6.45) is 0. The third kappa shape index (κ3) is 5.98. The van der Waals surface area contributed by atoms with Crippen LogP contribution in [-0.2, 0) is 13.1 Å². The average molecular weight is 397 g/mol. The molecular formula is C23H32N4O2. The van der Waals surface area contributed by atoms with E-state index < -0.39 is 0 Å². The highest BCUT2D eigenvalue weighted by Gasteiger charge is 2.13. The van der Waals surface area contributed by atoms with Gasteiger partial charge < -0.3 is 19.9 Å². The van der Waals surface area contributed by atoms with E-state index in [9.17, 15) is 4.79 Å². The Morgan fingerprint density at radius 1 is 1.07 bits per heavy atom. The van der Waals surface area contributed by atoms with Gasteiger partial charge in [0.1, 0.15) is 5.75 Å². The van der Waals surface area contributed by atoms with Crippen molar-refractivity contribution >= 4 is 11.9 Å². The first-order chi connectivity index (χ1) is 14.0. The van der Waals surface area contributed by atoms with Crippen LogP contribution >= 0.6 is 0 Å². The molecule has 2 rings (SSSR count). The van der Waals surface area contributed by atoms with Gasteiger partial charge in [-0.25, -0.2) is 0 Å². The highest BCUT2D eigenvalue weighted by atomic mass is 16.5. The number of methoxy groups -OCH3 is 1. The van der Waals surface area contributed by atoms with E-state index in [1.807, 2.05) is 74.3 Å². The second kappa shape index (κ2) is 11.1. The molecule has 0 aromatic heterocycles. The fourth-order valence-electron chi connectivity index (χ4n) is 3.19. The van der Waals surface area contributed by atoms with Crippen LogP contribution in [0, 0.1) is 0 Å². The molecule has 156 valence electrons. The molecule has 1 amide bonds. The minimum atomic E-state index is 0.0712. The Morgan fingerprint density at radius 2 is 1.72 bits per heavy atom. The molecule has 0 unspecified atom stereocenters. The van der Waals surface area contributed by atoms with Crippen molar-refractivity contribution in [3.63, 3.8) is 0 Å². The first-order valence-electron chi connectivity index (χ1n) is 9.95. The Kier molecular flexibility index (Phi) is 8.52. The maximum atomic E-state index is 12.4. The van der Waals surface area contributed by atoms with Crippen molar-refractivity contribution < 1.29 is 9.53 Å². The minimum Gasteiger partial charge on any atom is -0.496 e. The molecule has 2 aromatic rings. The van der Waals surface area contributed by atoms with Crippen LogP contribution in [0.25, 0.3) is 0 Å². The van der Waals surface area contributed by atoms with E-state index in [1.165, 1.54) is 0 Å². The Balaban J connectivity index is 1.97. The summed E-state index contributed by atoms with van der Waals surface area (Å²) >= 11 is 0. The molecule has 0 saturated heterocycles. The molecule has 0 heterocycles. The van der Waals surface area contributed by atoms with Gasteiger partial charge in [0.2, 0.25) is 0 Å². The summed E-state index contributed by atoms with van der Waals surface area (Å²) < 4.78 is 5.43. The number of amides is 1. The minimum absolute atomic E-state index is 0.0712. The quantitative estimate of drug-likeness (QED) is 0.549. The van der Waals surface area contributed by atoms with Crippen LogP contribution in [0.5, 0.6) is 5.75 Å². The summed E-state index contributed by atoms with van der Waals surface area (Å²) in [6, 6.07) is 15.7. The molecule has 0 radical (unpaired) electrons. The van der Waals surface area contributed by atoms with E-state index in [2.05, 4.69) is 15.2 Å². The fourth-order valence-corrected chi connectivity index (χ4v) is 3.19. The number of guanidine groups is 1. The molecule has 2 aromatic carbocycles. The van der Waals surface area contributed by atoms with E-state index in [4.69, 9.17) is 4.74 Å². The van der Waals surface area contributed by atoms with Crippen LogP contribution in [0.1, 0.15) is 35.3 Å². The topological polar surface area (TPSA) is 57.2 Å². The fraction of sp³-hybridized carbons (Fsp3) is 0.391. The number of para-hydroxylation sites is 1. The van der Waals surface area contributed by atoms with E-state index in [0.29, 0.717) is 26.2 Å². The molecule has 0 atom stereocenters. The van der Waals surface area contributed by atoms with Crippen molar-refractivity contribution in [3.05, 3.63) is 65.2 Å². The van der Waals surface area contributed by atoms with E-state index in [1.54, 1.807) is 14.2 Å². The SMILES string of the molecule is CCN(CC)C(=O)c1ccc(CNC(=NC)N(C)Cc2ccccc2OC)cc1. The summed E-state index contributed by atoms with van der Waals surface area (Å²) in [5.74, 6) is 1.73. The number of carbonyl (C=O) groups excluding carboxylic acids is 1. The first kappa shape index (κ1) is 22.3. The van der Waals surface area contributed by atoms with Crippen LogP contribution in [0.4, 0.5) is 0 Å². The van der Waals surface area contributed by atoms with Crippen molar-refractivity contribution in [1.29, 1.82) is 0 Å². The van der Waals surface area contributed by atoms with Gasteiger partial charge >= 0.3 is 0 Å². The number of nitrogens with one attached hydrogen (secondary N) is 1. The van der Waals surface area contributed by atoms with Crippen LogP contribution in [0.15, 0.2) is 53.5 Å². The van der Waals surface area contributed by atoms with Gasteiger partial charge in [-0.15, -0.1) is 0 Å². The molecule has 6 nitrogen and oxygen atoms in total. The van der Waals surface area contributed by atoms with Gasteiger partial charge in [-0.1, -0.05) is 30.3 Å². The van der Waals surface area contributed by atoms with Crippen LogP contribution in [-0.4, -0.2) is 56.0 Å². The van der Waals surface area contributed by atoms with Crippen molar-refractivity contribution in [2.75, 3.05) is 34.3 Å². The summed E-state index contributed by atoms with van der Waals surface area (Å²) in [5, 5.41) is 3.38. The van der Waals surface area contributed by atoms with Crippen molar-refractivity contribution in [2.45, 2.75) is 26.9 Å². The lowest BCUT2D eigenvalue weighted by molar-refractivity contribution is 0.0773. The highest BCUT2D eigenvalue weighted by Crippen LogP contribution is 2.18. The number of nitrogens with zero attached hydrogens (tertiary/aromatic N) is 3. The predicted octanol–water partition coefficient (Wildman–Crippen LogP) is 3.38. The zero-order chi connectivity index (χ0) is 21.2. The van der Waals surface area contributed by atoms with Crippen molar-refractivity contribution in [3.8, 4) is 5.75 Å². The predicted molar refractivity (Wildman–Crippen MR) is 118 cm³/mol. The standard InChI is InChI=1S/C23H32N4O2/c1-6-27(7-2)22(28)19-14-12-18(13-15-19)16-25-23(24-3)26(4)17-20-10-8-9-11-21(20)29-5/h8-15H,6-7,16-17H2,1-5H3,(H,24,25). The average Bonchev–Trinajstić information content (AvgIpc) is 2.75. The number of ether oxygens (including phenoxy) is 1. The van der Waals surface area contributed by atoms with Gasteiger partial charge in [0.15, 0.2) is 5.96 Å². The normalized spacial score (nSPS) is 11.1. The molecule has 0 aliphatic carbocycles. The largest absolute Gasteiger partial charge is 0.496 e. The van der Waals surface area contributed by atoms with Crippen molar-refractivity contribution in [2.24, 2.45) is 4.99 Å². The summed E-state index contributed by atoms with van der Waals surface area (Å²) in [5.41, 5.74) is 2.91. The molecular weight excluding hydrogens is 364 g/mol. The number of carbonyl (C=O) groups is 1. The summed E-state index contributed by atoms with van der Waals surface area (Å²) in [4.78, 5) is 20.7. The van der Waals surface area contributed by atoms with E-state index >= 15 is 0 Å². The lowest BCUT2D eigenvalue weighted by Gasteiger charge is -2.23. The number of hydrogen-bond donors (Lipinski definition) is 1.